The Labute approximate surface area is 168 Å². The van der Waals surface area contributed by atoms with Gasteiger partial charge in [0.05, 0.1) is 11.1 Å². The maximum atomic E-state index is 12.2. The first-order valence-electron chi connectivity index (χ1n) is 9.03. The molecule has 8 heteroatoms. The van der Waals surface area contributed by atoms with Gasteiger partial charge in [0.15, 0.2) is 0 Å². The molecule has 1 fully saturated rings. The van der Waals surface area contributed by atoms with E-state index < -0.39 is 10.0 Å². The lowest BCUT2D eigenvalue weighted by molar-refractivity contribution is -0.122. The highest BCUT2D eigenvalue weighted by molar-refractivity contribution is 7.89. The molecule has 7 nitrogen and oxygen atoms in total. The highest BCUT2D eigenvalue weighted by Gasteiger charge is 2.43. The molecule has 2 atom stereocenters. The second kappa shape index (κ2) is 7.65. The Kier molecular flexibility index (Phi) is 5.04. The second-order valence-corrected chi connectivity index (χ2v) is 8.43. The highest BCUT2D eigenvalue weighted by Crippen LogP contribution is 2.47. The highest BCUT2D eigenvalue weighted by atomic mass is 32.2. The van der Waals surface area contributed by atoms with Crippen LogP contribution < -0.4 is 10.6 Å². The number of hydrogen-bond donors (Lipinski definition) is 2. The van der Waals surface area contributed by atoms with Crippen LogP contribution in [0.15, 0.2) is 81.1 Å². The molecule has 148 valence electrons. The first-order chi connectivity index (χ1) is 13.9. The lowest BCUT2D eigenvalue weighted by Gasteiger charge is -2.00. The molecule has 29 heavy (non-hydrogen) atoms. The van der Waals surface area contributed by atoms with Crippen molar-refractivity contribution in [1.29, 1.82) is 0 Å². The summed E-state index contributed by atoms with van der Waals surface area (Å²) in [4.78, 5) is 12.2. The molecule has 1 aliphatic rings. The largest absolute Gasteiger partial charge is 0.455 e. The number of hydrogen-bond acceptors (Lipinski definition) is 5. The minimum atomic E-state index is -3.73. The molecule has 4 rings (SSSR count). The van der Waals surface area contributed by atoms with Crippen LogP contribution in [0.4, 0.5) is 0 Å². The van der Waals surface area contributed by atoms with E-state index in [2.05, 4.69) is 10.5 Å². The Morgan fingerprint density at radius 3 is 2.48 bits per heavy atom. The summed E-state index contributed by atoms with van der Waals surface area (Å²) in [6.45, 7) is 0. The normalized spacial score (nSPS) is 18.7. The SMILES string of the molecule is NS(=O)(=O)c1ccc(-c2ccc(/C=N/NC(=O)[C@H]3C[C@@H]3c3ccccc3)o2)cc1. The Hall–Kier alpha value is -3.23. The van der Waals surface area contributed by atoms with Gasteiger partial charge in [-0.1, -0.05) is 30.3 Å². The molecule has 1 heterocycles. The van der Waals surface area contributed by atoms with Gasteiger partial charge < -0.3 is 4.42 Å². The van der Waals surface area contributed by atoms with Crippen LogP contribution in [0.3, 0.4) is 0 Å². The molecule has 0 aliphatic heterocycles. The number of sulfonamides is 1. The fourth-order valence-corrected chi connectivity index (χ4v) is 3.70. The van der Waals surface area contributed by atoms with Gasteiger partial charge in [-0.2, -0.15) is 5.10 Å². The number of amides is 1. The quantitative estimate of drug-likeness (QED) is 0.481. The maximum Gasteiger partial charge on any atom is 0.243 e. The van der Waals surface area contributed by atoms with E-state index in [0.29, 0.717) is 17.1 Å². The molecule has 1 saturated carbocycles. The summed E-state index contributed by atoms with van der Waals surface area (Å²) in [5.74, 6) is 1.10. The molecule has 0 bridgehead atoms. The van der Waals surface area contributed by atoms with Crippen molar-refractivity contribution in [1.82, 2.24) is 5.43 Å². The minimum absolute atomic E-state index is 0.0335. The number of carbonyl (C=O) groups is 1. The summed E-state index contributed by atoms with van der Waals surface area (Å²) in [5.41, 5.74) is 4.42. The second-order valence-electron chi connectivity index (χ2n) is 6.87. The van der Waals surface area contributed by atoms with E-state index in [-0.39, 0.29) is 22.6 Å². The standard InChI is InChI=1S/C21H19N3O4S/c22-29(26,27)17-9-6-15(7-10-17)20-11-8-16(28-20)13-23-24-21(25)19-12-18(19)14-4-2-1-3-5-14/h1-11,13,18-19H,12H2,(H,24,25)(H2,22,26,27)/b23-13+/t18-,19+/m1/s1. The Bertz CT molecular complexity index is 1150. The van der Waals surface area contributed by atoms with Gasteiger partial charge in [0.25, 0.3) is 0 Å². The zero-order valence-electron chi connectivity index (χ0n) is 15.4. The van der Waals surface area contributed by atoms with Crippen LogP contribution in [-0.2, 0) is 14.8 Å². The smallest absolute Gasteiger partial charge is 0.243 e. The van der Waals surface area contributed by atoms with E-state index in [9.17, 15) is 13.2 Å². The first kappa shape index (κ1) is 19.1. The van der Waals surface area contributed by atoms with Crippen molar-refractivity contribution >= 4 is 22.1 Å². The molecule has 0 saturated heterocycles. The van der Waals surface area contributed by atoms with Crippen LogP contribution >= 0.6 is 0 Å². The van der Waals surface area contributed by atoms with Crippen LogP contribution in [0.25, 0.3) is 11.3 Å². The van der Waals surface area contributed by atoms with Crippen molar-refractivity contribution in [2.45, 2.75) is 17.2 Å². The molecule has 1 amide bonds. The Balaban J connectivity index is 1.35. The summed E-state index contributed by atoms with van der Waals surface area (Å²) >= 11 is 0. The number of primary sulfonamides is 1. The fraction of sp³-hybridized carbons (Fsp3) is 0.143. The third kappa shape index (κ3) is 4.44. The van der Waals surface area contributed by atoms with Gasteiger partial charge in [-0.15, -0.1) is 0 Å². The van der Waals surface area contributed by atoms with Crippen molar-refractivity contribution in [3.05, 3.63) is 78.1 Å². The van der Waals surface area contributed by atoms with Crippen molar-refractivity contribution in [3.63, 3.8) is 0 Å². The van der Waals surface area contributed by atoms with Crippen LogP contribution in [0.5, 0.6) is 0 Å². The maximum absolute atomic E-state index is 12.2. The predicted octanol–water partition coefficient (Wildman–Crippen LogP) is 2.85. The summed E-state index contributed by atoms with van der Waals surface area (Å²) in [6.07, 6.45) is 2.25. The third-order valence-electron chi connectivity index (χ3n) is 4.82. The Morgan fingerprint density at radius 1 is 1.07 bits per heavy atom. The van der Waals surface area contributed by atoms with Gasteiger partial charge in [-0.3, -0.25) is 4.79 Å². The average Bonchev–Trinajstić information content (AvgIpc) is 3.39. The van der Waals surface area contributed by atoms with Crippen LogP contribution in [0.2, 0.25) is 0 Å². The van der Waals surface area contributed by atoms with Crippen LogP contribution in [0, 0.1) is 5.92 Å². The molecular weight excluding hydrogens is 390 g/mol. The summed E-state index contributed by atoms with van der Waals surface area (Å²) in [5, 5.41) is 9.06. The van der Waals surface area contributed by atoms with Crippen molar-refractivity contribution in [2.75, 3.05) is 0 Å². The van der Waals surface area contributed by atoms with E-state index in [1.54, 1.807) is 24.3 Å². The van der Waals surface area contributed by atoms with Gasteiger partial charge in [0.2, 0.25) is 15.9 Å². The molecule has 2 aromatic carbocycles. The molecule has 0 spiro atoms. The number of benzene rings is 2. The lowest BCUT2D eigenvalue weighted by Crippen LogP contribution is -2.20. The topological polar surface area (TPSA) is 115 Å². The summed E-state index contributed by atoms with van der Waals surface area (Å²) in [7, 11) is -3.73. The van der Waals surface area contributed by atoms with Crippen molar-refractivity contribution in [2.24, 2.45) is 16.2 Å². The van der Waals surface area contributed by atoms with Crippen molar-refractivity contribution < 1.29 is 17.6 Å². The van der Waals surface area contributed by atoms with Gasteiger partial charge in [0.1, 0.15) is 11.5 Å². The summed E-state index contributed by atoms with van der Waals surface area (Å²) in [6, 6.07) is 19.5. The number of furan rings is 1. The minimum Gasteiger partial charge on any atom is -0.455 e. The van der Waals surface area contributed by atoms with Crippen LogP contribution in [-0.4, -0.2) is 20.5 Å². The van der Waals surface area contributed by atoms with E-state index in [0.717, 1.165) is 6.42 Å². The number of rotatable bonds is 6. The molecule has 1 aromatic heterocycles. The van der Waals surface area contributed by atoms with Gasteiger partial charge in [-0.05, 0) is 54.3 Å². The van der Waals surface area contributed by atoms with Gasteiger partial charge in [-0.25, -0.2) is 19.0 Å². The number of nitrogens with zero attached hydrogens (tertiary/aromatic N) is 1. The van der Waals surface area contributed by atoms with Crippen molar-refractivity contribution in [3.8, 4) is 11.3 Å². The van der Waals surface area contributed by atoms with E-state index in [1.807, 2.05) is 30.3 Å². The average molecular weight is 409 g/mol. The van der Waals surface area contributed by atoms with E-state index in [1.165, 1.54) is 23.9 Å². The number of hydrazone groups is 1. The predicted molar refractivity (Wildman–Crippen MR) is 109 cm³/mol. The fourth-order valence-electron chi connectivity index (χ4n) is 3.18. The first-order valence-corrected chi connectivity index (χ1v) is 10.6. The summed E-state index contributed by atoms with van der Waals surface area (Å²) < 4.78 is 28.3. The number of nitrogens with one attached hydrogen (secondary N) is 1. The van der Waals surface area contributed by atoms with E-state index >= 15 is 0 Å². The molecule has 3 aromatic rings. The lowest BCUT2D eigenvalue weighted by atomic mass is 10.1. The molecular formula is C21H19N3O4S. The van der Waals surface area contributed by atoms with E-state index in [4.69, 9.17) is 9.56 Å². The van der Waals surface area contributed by atoms with Gasteiger partial charge >= 0.3 is 0 Å². The third-order valence-corrected chi connectivity index (χ3v) is 5.74. The van der Waals surface area contributed by atoms with Gasteiger partial charge in [0, 0.05) is 11.5 Å². The molecule has 0 radical (unpaired) electrons. The molecule has 0 unspecified atom stereocenters. The zero-order chi connectivity index (χ0) is 20.4. The number of carbonyl (C=O) groups excluding carboxylic acids is 1. The molecule has 3 N–H and O–H groups in total. The Morgan fingerprint density at radius 2 is 1.79 bits per heavy atom. The van der Waals surface area contributed by atoms with Crippen LogP contribution in [0.1, 0.15) is 23.7 Å². The monoisotopic (exact) mass is 409 g/mol. The molecule has 1 aliphatic carbocycles. The number of nitrogens with two attached hydrogens (primary N) is 1. The zero-order valence-corrected chi connectivity index (χ0v) is 16.2.